The molecule has 0 bridgehead atoms. The van der Waals surface area contributed by atoms with Crippen LogP contribution in [0.5, 0.6) is 5.88 Å². The normalized spacial score (nSPS) is 13.9. The third-order valence-corrected chi connectivity index (χ3v) is 6.18. The molecule has 1 heterocycles. The maximum atomic E-state index is 12.5. The number of anilines is 1. The number of nitrogens with two attached hydrogens (primary N) is 1. The minimum absolute atomic E-state index is 0.0422. The van der Waals surface area contributed by atoms with Gasteiger partial charge in [0.05, 0.1) is 17.9 Å². The van der Waals surface area contributed by atoms with E-state index in [1.54, 1.807) is 36.4 Å². The van der Waals surface area contributed by atoms with E-state index >= 15 is 0 Å². The summed E-state index contributed by atoms with van der Waals surface area (Å²) in [5, 5.41) is 9.50. The Labute approximate surface area is 179 Å². The summed E-state index contributed by atoms with van der Waals surface area (Å²) in [6, 6.07) is 11.6. The highest BCUT2D eigenvalue weighted by molar-refractivity contribution is 7.89. The molecule has 1 aliphatic rings. The number of nitrogens with zero attached hydrogens (tertiary/aromatic N) is 1. The molecule has 30 heavy (non-hydrogen) atoms. The summed E-state index contributed by atoms with van der Waals surface area (Å²) in [6.07, 6.45) is 3.74. The maximum Gasteiger partial charge on any atom is 0.238 e. The number of ether oxygens (including phenoxy) is 1. The molecule has 0 unspecified atom stereocenters. The second-order valence-electron chi connectivity index (χ2n) is 7.30. The zero-order valence-corrected chi connectivity index (χ0v) is 17.5. The lowest BCUT2D eigenvalue weighted by Gasteiger charge is -2.13. The number of aromatic nitrogens is 1. The van der Waals surface area contributed by atoms with Crippen LogP contribution in [0.3, 0.4) is 0 Å². The van der Waals surface area contributed by atoms with Crippen molar-refractivity contribution in [3.05, 3.63) is 59.2 Å². The van der Waals surface area contributed by atoms with Crippen molar-refractivity contribution < 1.29 is 17.9 Å². The SMILES string of the molecule is NS(=O)(=O)c1cc(NC(=O)Cc2ccccc2Cl)cc2c(OCC3CC3)nccc12. The summed E-state index contributed by atoms with van der Waals surface area (Å²) < 4.78 is 30.2. The maximum absolute atomic E-state index is 12.5. The predicted molar refractivity (Wildman–Crippen MR) is 115 cm³/mol. The van der Waals surface area contributed by atoms with Crippen molar-refractivity contribution in [2.75, 3.05) is 11.9 Å². The van der Waals surface area contributed by atoms with Gasteiger partial charge in [0.15, 0.2) is 0 Å². The van der Waals surface area contributed by atoms with Crippen molar-refractivity contribution in [1.82, 2.24) is 4.98 Å². The van der Waals surface area contributed by atoms with Crippen molar-refractivity contribution in [3.8, 4) is 5.88 Å². The second kappa shape index (κ2) is 8.22. The zero-order chi connectivity index (χ0) is 21.3. The average molecular weight is 446 g/mol. The number of rotatable bonds is 7. The van der Waals surface area contributed by atoms with Crippen LogP contribution in [0.25, 0.3) is 10.8 Å². The summed E-state index contributed by atoms with van der Waals surface area (Å²) in [4.78, 5) is 16.7. The van der Waals surface area contributed by atoms with Crippen molar-refractivity contribution in [2.45, 2.75) is 24.2 Å². The highest BCUT2D eigenvalue weighted by Gasteiger charge is 2.23. The fourth-order valence-electron chi connectivity index (χ4n) is 3.15. The molecule has 3 N–H and O–H groups in total. The Bertz CT molecular complexity index is 1230. The van der Waals surface area contributed by atoms with E-state index < -0.39 is 10.0 Å². The third kappa shape index (κ3) is 4.72. The molecular formula is C21H20ClN3O4S. The Hall–Kier alpha value is -2.68. The molecule has 0 atom stereocenters. The second-order valence-corrected chi connectivity index (χ2v) is 9.24. The standard InChI is InChI=1S/C21H20ClN3O4S/c22-18-4-2-1-3-14(18)9-20(26)25-15-10-17-16(19(11-15)30(23,27)28)7-8-24-21(17)29-12-13-5-6-13/h1-4,7-8,10-11,13H,5-6,9,12H2,(H,25,26)(H2,23,27,28). The first-order valence-electron chi connectivity index (χ1n) is 9.43. The number of nitrogens with one attached hydrogen (secondary N) is 1. The van der Waals surface area contributed by atoms with E-state index in [2.05, 4.69) is 10.3 Å². The number of amides is 1. The van der Waals surface area contributed by atoms with Crippen LogP contribution in [0.4, 0.5) is 5.69 Å². The number of sulfonamides is 1. The summed E-state index contributed by atoms with van der Waals surface area (Å²) in [5.74, 6) is 0.469. The Morgan fingerprint density at radius 1 is 1.20 bits per heavy atom. The lowest BCUT2D eigenvalue weighted by Crippen LogP contribution is -2.17. The number of benzene rings is 2. The van der Waals surface area contributed by atoms with Crippen molar-refractivity contribution in [1.29, 1.82) is 0 Å². The molecular weight excluding hydrogens is 426 g/mol. The molecule has 9 heteroatoms. The zero-order valence-electron chi connectivity index (χ0n) is 16.0. The summed E-state index contributed by atoms with van der Waals surface area (Å²) in [5.41, 5.74) is 0.951. The Morgan fingerprint density at radius 3 is 2.67 bits per heavy atom. The number of carbonyl (C=O) groups is 1. The molecule has 4 rings (SSSR count). The smallest absolute Gasteiger partial charge is 0.238 e. The van der Waals surface area contributed by atoms with Crippen LogP contribution in [-0.2, 0) is 21.2 Å². The number of fused-ring (bicyclic) bond motifs is 1. The van der Waals surface area contributed by atoms with Crippen LogP contribution in [-0.4, -0.2) is 25.9 Å². The van der Waals surface area contributed by atoms with Crippen molar-refractivity contribution in [3.63, 3.8) is 0 Å². The van der Waals surface area contributed by atoms with E-state index in [-0.39, 0.29) is 22.9 Å². The fraction of sp³-hybridized carbons (Fsp3) is 0.238. The molecule has 0 radical (unpaired) electrons. The fourth-order valence-corrected chi connectivity index (χ4v) is 4.13. The molecule has 2 aromatic carbocycles. The number of pyridine rings is 1. The summed E-state index contributed by atoms with van der Waals surface area (Å²) in [7, 11) is -4.04. The molecule has 1 aromatic heterocycles. The van der Waals surface area contributed by atoms with Crippen LogP contribution in [0.1, 0.15) is 18.4 Å². The molecule has 1 saturated carbocycles. The van der Waals surface area contributed by atoms with Gasteiger partial charge >= 0.3 is 0 Å². The van der Waals surface area contributed by atoms with Gasteiger partial charge < -0.3 is 10.1 Å². The van der Waals surface area contributed by atoms with E-state index in [9.17, 15) is 13.2 Å². The van der Waals surface area contributed by atoms with E-state index in [4.69, 9.17) is 21.5 Å². The predicted octanol–water partition coefficient (Wildman–Crippen LogP) is 3.51. The van der Waals surface area contributed by atoms with Gasteiger partial charge in [-0.1, -0.05) is 29.8 Å². The average Bonchev–Trinajstić information content (AvgIpc) is 3.51. The van der Waals surface area contributed by atoms with Gasteiger partial charge in [-0.05, 0) is 48.6 Å². The monoisotopic (exact) mass is 445 g/mol. The number of hydrogen-bond donors (Lipinski definition) is 2. The first-order valence-corrected chi connectivity index (χ1v) is 11.4. The molecule has 1 fully saturated rings. The van der Waals surface area contributed by atoms with Gasteiger partial charge in [-0.3, -0.25) is 4.79 Å². The highest BCUT2D eigenvalue weighted by Crippen LogP contribution is 2.34. The lowest BCUT2D eigenvalue weighted by molar-refractivity contribution is -0.115. The van der Waals surface area contributed by atoms with Crippen LogP contribution in [0.15, 0.2) is 53.6 Å². The van der Waals surface area contributed by atoms with Crippen LogP contribution in [0, 0.1) is 5.92 Å². The minimum Gasteiger partial charge on any atom is -0.477 e. The largest absolute Gasteiger partial charge is 0.477 e. The number of hydrogen-bond acceptors (Lipinski definition) is 5. The molecule has 1 aliphatic carbocycles. The van der Waals surface area contributed by atoms with Gasteiger partial charge in [-0.2, -0.15) is 0 Å². The third-order valence-electron chi connectivity index (χ3n) is 4.86. The molecule has 0 saturated heterocycles. The van der Waals surface area contributed by atoms with Crippen molar-refractivity contribution in [2.24, 2.45) is 11.1 Å². The van der Waals surface area contributed by atoms with Gasteiger partial charge in [-0.15, -0.1) is 0 Å². The van der Waals surface area contributed by atoms with Crippen LogP contribution in [0.2, 0.25) is 5.02 Å². The highest BCUT2D eigenvalue weighted by atomic mass is 35.5. The number of halogens is 1. The molecule has 156 valence electrons. The van der Waals surface area contributed by atoms with E-state index in [0.717, 1.165) is 12.8 Å². The Morgan fingerprint density at radius 2 is 1.97 bits per heavy atom. The molecule has 0 aliphatic heterocycles. The number of carbonyl (C=O) groups excluding carboxylic acids is 1. The van der Waals surface area contributed by atoms with E-state index in [1.165, 1.54) is 12.3 Å². The number of primary sulfonamides is 1. The molecule has 3 aromatic rings. The first kappa shape index (κ1) is 20.6. The minimum atomic E-state index is -4.04. The molecule has 7 nitrogen and oxygen atoms in total. The topological polar surface area (TPSA) is 111 Å². The van der Waals surface area contributed by atoms with Crippen molar-refractivity contribution >= 4 is 44.0 Å². The van der Waals surface area contributed by atoms with Crippen LogP contribution >= 0.6 is 11.6 Å². The van der Waals surface area contributed by atoms with Gasteiger partial charge in [0.25, 0.3) is 0 Å². The Balaban J connectivity index is 1.69. The summed E-state index contributed by atoms with van der Waals surface area (Å²) >= 11 is 6.12. The summed E-state index contributed by atoms with van der Waals surface area (Å²) in [6.45, 7) is 0.514. The molecule has 0 spiro atoms. The Kier molecular flexibility index (Phi) is 5.64. The lowest BCUT2D eigenvalue weighted by atomic mass is 10.1. The first-order chi connectivity index (χ1) is 14.3. The quantitative estimate of drug-likeness (QED) is 0.578. The van der Waals surface area contributed by atoms with Gasteiger partial charge in [0, 0.05) is 27.7 Å². The van der Waals surface area contributed by atoms with Gasteiger partial charge in [0.1, 0.15) is 0 Å². The van der Waals surface area contributed by atoms with Gasteiger partial charge in [-0.25, -0.2) is 18.5 Å². The van der Waals surface area contributed by atoms with Gasteiger partial charge in [0.2, 0.25) is 21.8 Å². The van der Waals surface area contributed by atoms with E-state index in [1.807, 2.05) is 0 Å². The molecule has 1 amide bonds. The van der Waals surface area contributed by atoms with E-state index in [0.29, 0.717) is 39.8 Å². The van der Waals surface area contributed by atoms with Crippen LogP contribution < -0.4 is 15.2 Å².